The van der Waals surface area contributed by atoms with E-state index in [0.29, 0.717) is 22.0 Å². The number of aryl methyl sites for hydroxylation is 1. The molecule has 32 heavy (non-hydrogen) atoms. The van der Waals surface area contributed by atoms with Crippen LogP contribution in [0.2, 0.25) is 0 Å². The number of benzene rings is 1. The van der Waals surface area contributed by atoms with Crippen LogP contribution in [0.5, 0.6) is 0 Å². The number of fused-ring (bicyclic) bond motifs is 8. The van der Waals surface area contributed by atoms with Crippen LogP contribution in [0, 0.1) is 35.0 Å². The van der Waals surface area contributed by atoms with Crippen molar-refractivity contribution < 1.29 is 8.83 Å². The van der Waals surface area contributed by atoms with E-state index in [1.807, 2.05) is 0 Å². The Labute approximate surface area is 191 Å². The molecule has 3 heteroatoms. The van der Waals surface area contributed by atoms with Gasteiger partial charge in [0, 0.05) is 5.41 Å². The van der Waals surface area contributed by atoms with Gasteiger partial charge in [0.1, 0.15) is 0 Å². The van der Waals surface area contributed by atoms with Gasteiger partial charge in [0.2, 0.25) is 0 Å². The number of rotatable bonds is 0. The van der Waals surface area contributed by atoms with Gasteiger partial charge in [-0.05, 0) is 103 Å². The van der Waals surface area contributed by atoms with Gasteiger partial charge in [0.25, 0.3) is 0 Å². The Kier molecular flexibility index (Phi) is 4.04. The second kappa shape index (κ2) is 6.21. The van der Waals surface area contributed by atoms with E-state index >= 15 is 0 Å². The number of allylic oxidation sites excluding steroid dienone is 2. The summed E-state index contributed by atoms with van der Waals surface area (Å²) in [5.41, 5.74) is 7.78. The average Bonchev–Trinajstić information content (AvgIpc) is 3.13. The maximum absolute atomic E-state index is 11.8. The third kappa shape index (κ3) is 2.36. The van der Waals surface area contributed by atoms with Gasteiger partial charge >= 0.3 is 5.82 Å². The van der Waals surface area contributed by atoms with Crippen LogP contribution in [0.15, 0.2) is 31.3 Å². The lowest BCUT2D eigenvalue weighted by molar-refractivity contribution is -0.145. The molecule has 0 spiro atoms. The Morgan fingerprint density at radius 2 is 1.78 bits per heavy atom. The quantitative estimate of drug-likeness (QED) is 0.404. The van der Waals surface area contributed by atoms with Crippen LogP contribution in [0.1, 0.15) is 96.3 Å². The summed E-state index contributed by atoms with van der Waals surface area (Å²) in [7, 11) is 0. The molecule has 1 aromatic carbocycles. The van der Waals surface area contributed by atoms with Crippen LogP contribution in [0.3, 0.4) is 0 Å². The van der Waals surface area contributed by atoms with Crippen molar-refractivity contribution in [3.8, 4) is 0 Å². The predicted molar refractivity (Wildman–Crippen MR) is 128 cm³/mol. The number of hydrogen-bond acceptors (Lipinski definition) is 3. The van der Waals surface area contributed by atoms with Crippen molar-refractivity contribution in [2.75, 3.05) is 0 Å². The van der Waals surface area contributed by atoms with E-state index in [1.165, 1.54) is 56.1 Å². The Bertz CT molecular complexity index is 1210. The topological polar surface area (TPSA) is 43.4 Å². The molecule has 0 aliphatic heterocycles. The highest BCUT2D eigenvalue weighted by Crippen LogP contribution is 2.73. The van der Waals surface area contributed by atoms with Gasteiger partial charge in [-0.25, -0.2) is 4.79 Å². The molecule has 4 aliphatic carbocycles. The second-order valence-electron chi connectivity index (χ2n) is 12.8. The molecule has 3 saturated carbocycles. The summed E-state index contributed by atoms with van der Waals surface area (Å²) in [6.45, 7) is 14.9. The summed E-state index contributed by atoms with van der Waals surface area (Å²) < 4.78 is 10.8. The molecule has 0 radical (unpaired) electrons. The van der Waals surface area contributed by atoms with Gasteiger partial charge in [-0.15, -0.1) is 0 Å². The zero-order valence-corrected chi connectivity index (χ0v) is 20.7. The van der Waals surface area contributed by atoms with Crippen molar-refractivity contribution in [1.29, 1.82) is 0 Å². The summed E-state index contributed by atoms with van der Waals surface area (Å²) in [6.07, 6.45) is 12.8. The molecule has 0 bridgehead atoms. The molecule has 3 fully saturated rings. The van der Waals surface area contributed by atoms with Crippen LogP contribution in [0.25, 0.3) is 11.2 Å². The van der Waals surface area contributed by atoms with Gasteiger partial charge in [-0.2, -0.15) is 0 Å². The molecule has 4 aliphatic rings. The summed E-state index contributed by atoms with van der Waals surface area (Å²) in [4.78, 5) is 11.8. The Hall–Kier alpha value is -1.77. The normalized spacial score (nSPS) is 43.1. The van der Waals surface area contributed by atoms with Gasteiger partial charge in [-0.1, -0.05) is 52.7 Å². The van der Waals surface area contributed by atoms with Crippen molar-refractivity contribution in [2.45, 2.75) is 98.3 Å². The molecular weight excluding hydrogens is 396 g/mol. The molecule has 172 valence electrons. The first-order chi connectivity index (χ1) is 15.0. The molecule has 0 amide bonds. The molecule has 0 saturated heterocycles. The van der Waals surface area contributed by atoms with E-state index in [4.69, 9.17) is 8.83 Å². The van der Waals surface area contributed by atoms with Crippen LogP contribution in [0.4, 0.5) is 0 Å². The van der Waals surface area contributed by atoms with E-state index in [0.717, 1.165) is 23.8 Å². The Morgan fingerprint density at radius 3 is 2.56 bits per heavy atom. The van der Waals surface area contributed by atoms with Gasteiger partial charge in [0.15, 0.2) is 11.2 Å². The lowest BCUT2D eigenvalue weighted by Crippen LogP contribution is -2.61. The molecule has 6 atom stereocenters. The van der Waals surface area contributed by atoms with Crippen molar-refractivity contribution in [2.24, 2.45) is 28.1 Å². The molecule has 6 rings (SSSR count). The van der Waals surface area contributed by atoms with Gasteiger partial charge in [0.05, 0.1) is 0 Å². The lowest BCUT2D eigenvalue weighted by atomic mass is 9.35. The molecular formula is C29H38O3. The first kappa shape index (κ1) is 20.8. The van der Waals surface area contributed by atoms with Crippen LogP contribution in [-0.2, 0) is 11.8 Å². The van der Waals surface area contributed by atoms with E-state index in [-0.39, 0.29) is 10.8 Å². The van der Waals surface area contributed by atoms with E-state index < -0.39 is 5.82 Å². The third-order valence-electron chi connectivity index (χ3n) is 11.3. The van der Waals surface area contributed by atoms with Gasteiger partial charge < -0.3 is 8.83 Å². The smallest absolute Gasteiger partial charge is 0.391 e. The maximum atomic E-state index is 11.8. The maximum Gasteiger partial charge on any atom is 0.519 e. The van der Waals surface area contributed by atoms with Crippen molar-refractivity contribution in [1.82, 2.24) is 0 Å². The molecule has 1 aromatic heterocycles. The van der Waals surface area contributed by atoms with Crippen molar-refractivity contribution in [3.05, 3.63) is 45.0 Å². The molecule has 3 nitrogen and oxygen atoms in total. The Morgan fingerprint density at radius 1 is 1.00 bits per heavy atom. The van der Waals surface area contributed by atoms with E-state index in [2.05, 4.69) is 53.7 Å². The summed E-state index contributed by atoms with van der Waals surface area (Å²) in [6, 6.07) is 2.14. The fourth-order valence-electron chi connectivity index (χ4n) is 9.13. The lowest BCUT2D eigenvalue weighted by Gasteiger charge is -2.69. The first-order valence-electron chi connectivity index (χ1n) is 12.8. The van der Waals surface area contributed by atoms with Gasteiger partial charge in [-0.3, -0.25) is 0 Å². The van der Waals surface area contributed by atoms with E-state index in [9.17, 15) is 4.79 Å². The summed E-state index contributed by atoms with van der Waals surface area (Å²) >= 11 is 0. The molecule has 0 N–H and O–H groups in total. The number of hydrogen-bond donors (Lipinski definition) is 0. The van der Waals surface area contributed by atoms with Crippen molar-refractivity contribution in [3.63, 3.8) is 0 Å². The average molecular weight is 435 g/mol. The highest BCUT2D eigenvalue weighted by Gasteiger charge is 2.65. The summed E-state index contributed by atoms with van der Waals surface area (Å²) in [5.74, 6) is 1.06. The minimum Gasteiger partial charge on any atom is -0.391 e. The monoisotopic (exact) mass is 434 g/mol. The summed E-state index contributed by atoms with van der Waals surface area (Å²) in [5, 5.41) is 0. The third-order valence-corrected chi connectivity index (χ3v) is 11.3. The Balaban J connectivity index is 1.51. The van der Waals surface area contributed by atoms with Crippen LogP contribution >= 0.6 is 0 Å². The minimum absolute atomic E-state index is 0.00462. The molecule has 2 aromatic rings. The SMILES string of the molecule is Cc1c2c(cc3oc(=O)oc13)[C@]1(C)CC[C@@]3(C)[C@@H]4C[C@@H](C)CC[C@]4(C)CC[C@]3(C)C1=CC2. The largest absolute Gasteiger partial charge is 0.519 e. The molecule has 0 unspecified atom stereocenters. The molecule has 1 heterocycles. The zero-order chi connectivity index (χ0) is 22.7. The first-order valence-corrected chi connectivity index (χ1v) is 12.8. The highest BCUT2D eigenvalue weighted by atomic mass is 16.6. The minimum atomic E-state index is -0.593. The fourth-order valence-corrected chi connectivity index (χ4v) is 9.13. The van der Waals surface area contributed by atoms with Crippen LogP contribution in [-0.4, -0.2) is 0 Å². The fraction of sp³-hybridized carbons (Fsp3) is 0.690. The zero-order valence-electron chi connectivity index (χ0n) is 20.7. The van der Waals surface area contributed by atoms with Crippen molar-refractivity contribution >= 4 is 11.2 Å². The standard InChI is InChI=1S/C29H38O3/c1-17-9-10-26(3)11-13-28(5)22-8-7-19-18(2)24-21(31-25(30)32-24)16-20(19)27(22,4)12-14-29(28,6)23(26)15-17/h8,16-17,23H,7,9-15H2,1-6H3/t17-,23+,26+,27-,28+,29-/m0/s1. The highest BCUT2D eigenvalue weighted by molar-refractivity contribution is 5.78. The predicted octanol–water partition coefficient (Wildman–Crippen LogP) is 7.48. The van der Waals surface area contributed by atoms with Crippen LogP contribution < -0.4 is 5.82 Å². The second-order valence-corrected chi connectivity index (χ2v) is 12.8. The van der Waals surface area contributed by atoms with E-state index in [1.54, 1.807) is 5.57 Å².